The predicted molar refractivity (Wildman–Crippen MR) is 79.2 cm³/mol. The molecule has 1 aromatic carbocycles. The maximum absolute atomic E-state index is 14.3. The van der Waals surface area contributed by atoms with Crippen LogP contribution in [0, 0.1) is 5.82 Å². The van der Waals surface area contributed by atoms with E-state index in [9.17, 15) is 14.3 Å². The topological polar surface area (TPSA) is 61.8 Å². The number of aliphatic hydroxyl groups excluding tert-OH is 1. The highest BCUT2D eigenvalue weighted by Gasteiger charge is 2.31. The number of nitrogens with zero attached hydrogens (tertiary/aromatic N) is 1. The van der Waals surface area contributed by atoms with Crippen molar-refractivity contribution >= 4 is 23.5 Å². The summed E-state index contributed by atoms with van der Waals surface area (Å²) in [6, 6.07) is 4.71. The number of hydrogen-bond acceptors (Lipinski definition) is 5. The van der Waals surface area contributed by atoms with Gasteiger partial charge >= 0.3 is 6.09 Å². The van der Waals surface area contributed by atoms with Gasteiger partial charge in [-0.2, -0.15) is 11.8 Å². The highest BCUT2D eigenvalue weighted by molar-refractivity contribution is 7.99. The number of ether oxygens (including phenoxy) is 1. The van der Waals surface area contributed by atoms with Gasteiger partial charge in [0.15, 0.2) is 6.10 Å². The second-order valence-corrected chi connectivity index (χ2v) is 6.30. The van der Waals surface area contributed by atoms with Crippen molar-refractivity contribution < 1.29 is 19.0 Å². The van der Waals surface area contributed by atoms with Crippen LogP contribution >= 0.6 is 11.8 Å². The number of nitrogens with one attached hydrogen (secondary N) is 1. The molecule has 0 aromatic heterocycles. The number of hydrogen-bond donors (Lipinski definition) is 2. The molecule has 0 bridgehead atoms. The number of alkyl carbamates (subject to hydrolysis) is 1. The first-order valence-electron chi connectivity index (χ1n) is 6.90. The van der Waals surface area contributed by atoms with Crippen LogP contribution in [-0.2, 0) is 4.74 Å². The van der Waals surface area contributed by atoms with E-state index in [-0.39, 0.29) is 12.4 Å². The van der Waals surface area contributed by atoms with E-state index in [1.807, 2.05) is 16.7 Å². The Labute approximate surface area is 126 Å². The molecule has 2 aliphatic heterocycles. The third-order valence-electron chi connectivity index (χ3n) is 3.72. The van der Waals surface area contributed by atoms with E-state index >= 15 is 0 Å². The van der Waals surface area contributed by atoms with Gasteiger partial charge in [0.25, 0.3) is 0 Å². The summed E-state index contributed by atoms with van der Waals surface area (Å²) in [7, 11) is 0. The maximum atomic E-state index is 14.3. The summed E-state index contributed by atoms with van der Waals surface area (Å²) in [4.78, 5) is 13.0. The Balaban J connectivity index is 1.75. The Morgan fingerprint density at radius 3 is 2.81 bits per heavy atom. The van der Waals surface area contributed by atoms with Gasteiger partial charge in [0.2, 0.25) is 0 Å². The van der Waals surface area contributed by atoms with Gasteiger partial charge in [-0.15, -0.1) is 0 Å². The zero-order valence-corrected chi connectivity index (χ0v) is 12.2. The smallest absolute Gasteiger partial charge is 0.407 e. The molecular weight excluding hydrogens is 295 g/mol. The fourth-order valence-corrected chi connectivity index (χ4v) is 3.47. The van der Waals surface area contributed by atoms with Gasteiger partial charge in [-0.1, -0.05) is 6.07 Å². The Hall–Kier alpha value is -1.47. The minimum atomic E-state index is -1.02. The number of thioether (sulfide) groups is 1. The first kappa shape index (κ1) is 14.5. The number of rotatable bonds is 3. The average molecular weight is 312 g/mol. The number of cyclic esters (lactones) is 1. The average Bonchev–Trinajstić information content (AvgIpc) is 2.94. The molecule has 3 rings (SSSR count). The van der Waals surface area contributed by atoms with E-state index in [1.54, 1.807) is 12.1 Å². The Morgan fingerprint density at radius 1 is 1.43 bits per heavy atom. The van der Waals surface area contributed by atoms with Gasteiger partial charge in [0.05, 0.1) is 12.2 Å². The Morgan fingerprint density at radius 2 is 2.19 bits per heavy atom. The van der Waals surface area contributed by atoms with Gasteiger partial charge in [-0.05, 0) is 17.7 Å². The highest BCUT2D eigenvalue weighted by Crippen LogP contribution is 2.28. The van der Waals surface area contributed by atoms with Gasteiger partial charge in [-0.3, -0.25) is 0 Å². The van der Waals surface area contributed by atoms with Crippen LogP contribution in [0.15, 0.2) is 18.2 Å². The van der Waals surface area contributed by atoms with Crippen LogP contribution in [0.1, 0.15) is 11.7 Å². The van der Waals surface area contributed by atoms with Crippen LogP contribution in [0.5, 0.6) is 0 Å². The van der Waals surface area contributed by atoms with E-state index in [0.29, 0.717) is 11.3 Å². The summed E-state index contributed by atoms with van der Waals surface area (Å²) in [5.74, 6) is 1.64. The van der Waals surface area contributed by atoms with Crippen molar-refractivity contribution in [2.45, 2.75) is 12.2 Å². The molecule has 2 unspecified atom stereocenters. The number of carbonyl (C=O) groups excluding carboxylic acids is 1. The molecule has 2 heterocycles. The number of benzene rings is 1. The van der Waals surface area contributed by atoms with Gasteiger partial charge in [0.1, 0.15) is 11.9 Å². The standard InChI is InChI=1S/C14H17FN2O3S/c15-10-7-9(13(18)12-8-16-14(19)20-12)1-2-11(10)17-3-5-21-6-4-17/h1-2,7,12-13,18H,3-6,8H2,(H,16,19). The van der Waals surface area contributed by atoms with E-state index in [2.05, 4.69) is 5.32 Å². The number of anilines is 1. The number of aliphatic hydroxyl groups is 1. The molecular formula is C14H17FN2O3S. The minimum absolute atomic E-state index is 0.229. The lowest BCUT2D eigenvalue weighted by molar-refractivity contribution is 0.0318. The van der Waals surface area contributed by atoms with Crippen molar-refractivity contribution in [2.24, 2.45) is 0 Å². The number of amides is 1. The van der Waals surface area contributed by atoms with Crippen molar-refractivity contribution in [3.8, 4) is 0 Å². The third-order valence-corrected chi connectivity index (χ3v) is 4.67. The molecule has 1 amide bonds. The second-order valence-electron chi connectivity index (χ2n) is 5.08. The van der Waals surface area contributed by atoms with Gasteiger partial charge < -0.3 is 20.1 Å². The van der Waals surface area contributed by atoms with E-state index in [1.165, 1.54) is 6.07 Å². The zero-order valence-electron chi connectivity index (χ0n) is 11.4. The first-order chi connectivity index (χ1) is 10.1. The molecule has 0 aliphatic carbocycles. The van der Waals surface area contributed by atoms with Crippen LogP contribution < -0.4 is 10.2 Å². The minimum Gasteiger partial charge on any atom is -0.441 e. The van der Waals surface area contributed by atoms with Crippen molar-refractivity contribution in [1.29, 1.82) is 0 Å². The Bertz CT molecular complexity index is 537. The fraction of sp³-hybridized carbons (Fsp3) is 0.500. The Kier molecular flexibility index (Phi) is 4.21. The quantitative estimate of drug-likeness (QED) is 0.886. The van der Waals surface area contributed by atoms with Crippen LogP contribution in [0.4, 0.5) is 14.9 Å². The third kappa shape index (κ3) is 3.08. The lowest BCUT2D eigenvalue weighted by Gasteiger charge is -2.29. The van der Waals surface area contributed by atoms with Crippen molar-refractivity contribution in [2.75, 3.05) is 36.0 Å². The van der Waals surface area contributed by atoms with Crippen molar-refractivity contribution in [3.05, 3.63) is 29.6 Å². The van der Waals surface area contributed by atoms with Crippen molar-refractivity contribution in [1.82, 2.24) is 5.32 Å². The van der Waals surface area contributed by atoms with Crippen LogP contribution in [0.3, 0.4) is 0 Å². The molecule has 114 valence electrons. The van der Waals surface area contributed by atoms with E-state index in [0.717, 1.165) is 24.6 Å². The molecule has 0 saturated carbocycles. The molecule has 2 aliphatic rings. The molecule has 2 atom stereocenters. The molecule has 7 heteroatoms. The summed E-state index contributed by atoms with van der Waals surface area (Å²) < 4.78 is 19.2. The lowest BCUT2D eigenvalue weighted by Crippen LogP contribution is -2.33. The van der Waals surface area contributed by atoms with Gasteiger partial charge in [0, 0.05) is 24.6 Å². The summed E-state index contributed by atoms with van der Waals surface area (Å²) >= 11 is 1.86. The molecule has 21 heavy (non-hydrogen) atoms. The van der Waals surface area contributed by atoms with Crippen LogP contribution in [0.2, 0.25) is 0 Å². The van der Waals surface area contributed by atoms with E-state index < -0.39 is 18.3 Å². The molecule has 2 fully saturated rings. The highest BCUT2D eigenvalue weighted by atomic mass is 32.2. The normalized spacial score (nSPS) is 23.6. The molecule has 0 radical (unpaired) electrons. The summed E-state index contributed by atoms with van der Waals surface area (Å²) in [6.45, 7) is 1.88. The summed E-state index contributed by atoms with van der Waals surface area (Å²) in [5.41, 5.74) is 0.983. The molecule has 2 saturated heterocycles. The fourth-order valence-electron chi connectivity index (χ4n) is 2.56. The van der Waals surface area contributed by atoms with Gasteiger partial charge in [-0.25, -0.2) is 9.18 Å². The molecule has 2 N–H and O–H groups in total. The van der Waals surface area contributed by atoms with Crippen LogP contribution in [-0.4, -0.2) is 48.4 Å². The molecule has 0 spiro atoms. The lowest BCUT2D eigenvalue weighted by atomic mass is 10.0. The number of halogens is 1. The molecule has 5 nitrogen and oxygen atoms in total. The number of carbonyl (C=O) groups is 1. The zero-order chi connectivity index (χ0) is 14.8. The second kappa shape index (κ2) is 6.11. The summed E-state index contributed by atoms with van der Waals surface area (Å²) in [5, 5.41) is 12.6. The van der Waals surface area contributed by atoms with Crippen LogP contribution in [0.25, 0.3) is 0 Å². The monoisotopic (exact) mass is 312 g/mol. The SMILES string of the molecule is O=C1NCC(C(O)c2ccc(N3CCSCC3)c(F)c2)O1. The largest absolute Gasteiger partial charge is 0.441 e. The van der Waals surface area contributed by atoms with E-state index in [4.69, 9.17) is 4.74 Å². The predicted octanol–water partition coefficient (Wildman–Crippen LogP) is 1.52. The molecule has 1 aromatic rings. The maximum Gasteiger partial charge on any atom is 0.407 e. The van der Waals surface area contributed by atoms with Crippen molar-refractivity contribution in [3.63, 3.8) is 0 Å². The summed E-state index contributed by atoms with van der Waals surface area (Å²) in [6.07, 6.45) is -2.25. The first-order valence-corrected chi connectivity index (χ1v) is 8.05.